The van der Waals surface area contributed by atoms with Crippen molar-refractivity contribution >= 4 is 12.4 Å². The first-order chi connectivity index (χ1) is 11.1. The predicted octanol–water partition coefficient (Wildman–Crippen LogP) is 0.719. The number of likely N-dealkylation sites (tertiary alicyclic amines) is 1. The van der Waals surface area contributed by atoms with Crippen molar-refractivity contribution in [2.24, 2.45) is 0 Å². The van der Waals surface area contributed by atoms with Crippen LogP contribution < -0.4 is 0 Å². The van der Waals surface area contributed by atoms with E-state index in [1.54, 1.807) is 24.5 Å². The van der Waals surface area contributed by atoms with Gasteiger partial charge in [-0.15, -0.1) is 0 Å². The van der Waals surface area contributed by atoms with Gasteiger partial charge >= 0.3 is 0 Å². The molecule has 0 bridgehead atoms. The molecule has 1 spiro atoms. The third kappa shape index (κ3) is 4.49. The highest BCUT2D eigenvalue weighted by molar-refractivity contribution is 5.94. The van der Waals surface area contributed by atoms with Crippen LogP contribution in [-0.4, -0.2) is 77.7 Å². The Morgan fingerprint density at radius 2 is 1.91 bits per heavy atom. The Labute approximate surface area is 135 Å². The lowest BCUT2D eigenvalue weighted by Crippen LogP contribution is -2.57. The first-order valence-corrected chi connectivity index (χ1v) is 7.70. The SMILES string of the molecule is CN1CCC2(CC1)CN(C(=O)c1ccncc1)CCO2.O=CO. The maximum absolute atomic E-state index is 12.5. The number of amides is 1. The number of hydrogen-bond acceptors (Lipinski definition) is 5. The molecule has 1 aromatic rings. The number of carbonyl (C=O) groups excluding carboxylic acids is 1. The number of pyridine rings is 1. The Kier molecular flexibility index (Phi) is 6.06. The van der Waals surface area contributed by atoms with Crippen LogP contribution in [-0.2, 0) is 9.53 Å². The molecule has 23 heavy (non-hydrogen) atoms. The minimum atomic E-state index is -0.250. The molecule has 2 saturated heterocycles. The van der Waals surface area contributed by atoms with E-state index in [4.69, 9.17) is 14.6 Å². The molecule has 0 aromatic carbocycles. The van der Waals surface area contributed by atoms with Crippen LogP contribution in [0, 0.1) is 0 Å². The Bertz CT molecular complexity index is 515. The van der Waals surface area contributed by atoms with E-state index >= 15 is 0 Å². The molecule has 7 heteroatoms. The van der Waals surface area contributed by atoms with Gasteiger partial charge in [-0.2, -0.15) is 0 Å². The van der Waals surface area contributed by atoms with Gasteiger partial charge in [0.2, 0.25) is 0 Å². The fourth-order valence-corrected chi connectivity index (χ4v) is 3.02. The Balaban J connectivity index is 0.000000595. The number of piperidine rings is 1. The second-order valence-electron chi connectivity index (χ2n) is 5.90. The van der Waals surface area contributed by atoms with Gasteiger partial charge in [-0.25, -0.2) is 0 Å². The van der Waals surface area contributed by atoms with Gasteiger partial charge in [-0.05, 0) is 32.0 Å². The highest BCUT2D eigenvalue weighted by Crippen LogP contribution is 2.30. The molecule has 7 nitrogen and oxygen atoms in total. The van der Waals surface area contributed by atoms with E-state index in [1.807, 2.05) is 4.90 Å². The van der Waals surface area contributed by atoms with Crippen LogP contribution in [0.5, 0.6) is 0 Å². The molecule has 2 aliphatic rings. The third-order valence-electron chi connectivity index (χ3n) is 4.36. The molecule has 126 valence electrons. The third-order valence-corrected chi connectivity index (χ3v) is 4.36. The van der Waals surface area contributed by atoms with Gasteiger partial charge in [0.15, 0.2) is 0 Å². The van der Waals surface area contributed by atoms with E-state index in [-0.39, 0.29) is 18.0 Å². The number of nitrogens with zero attached hydrogens (tertiary/aromatic N) is 3. The zero-order chi connectivity index (χ0) is 16.7. The van der Waals surface area contributed by atoms with Gasteiger partial charge in [0.1, 0.15) is 0 Å². The number of hydrogen-bond donors (Lipinski definition) is 1. The van der Waals surface area contributed by atoms with Crippen LogP contribution in [0.3, 0.4) is 0 Å². The monoisotopic (exact) mass is 321 g/mol. The largest absolute Gasteiger partial charge is 0.483 e. The first-order valence-electron chi connectivity index (χ1n) is 7.70. The summed E-state index contributed by atoms with van der Waals surface area (Å²) in [6.07, 6.45) is 5.34. The van der Waals surface area contributed by atoms with E-state index in [0.29, 0.717) is 25.3 Å². The number of aromatic nitrogens is 1. The van der Waals surface area contributed by atoms with Crippen molar-refractivity contribution in [3.8, 4) is 0 Å². The molecule has 3 heterocycles. The van der Waals surface area contributed by atoms with Gasteiger partial charge in [-0.3, -0.25) is 14.6 Å². The smallest absolute Gasteiger partial charge is 0.290 e. The van der Waals surface area contributed by atoms with Crippen molar-refractivity contribution in [2.75, 3.05) is 39.8 Å². The lowest BCUT2D eigenvalue weighted by atomic mass is 9.89. The molecule has 3 rings (SSSR count). The van der Waals surface area contributed by atoms with Gasteiger partial charge in [0, 0.05) is 37.6 Å². The fraction of sp³-hybridized carbons (Fsp3) is 0.562. The van der Waals surface area contributed by atoms with Gasteiger partial charge in [0.05, 0.1) is 18.8 Å². The number of morpholine rings is 1. The number of rotatable bonds is 1. The average Bonchev–Trinajstić information content (AvgIpc) is 2.59. The average molecular weight is 321 g/mol. The number of ether oxygens (including phenoxy) is 1. The van der Waals surface area contributed by atoms with Crippen LogP contribution in [0.25, 0.3) is 0 Å². The zero-order valence-electron chi connectivity index (χ0n) is 13.4. The summed E-state index contributed by atoms with van der Waals surface area (Å²) in [5.41, 5.74) is 0.581. The van der Waals surface area contributed by atoms with Crippen LogP contribution in [0.2, 0.25) is 0 Å². The van der Waals surface area contributed by atoms with Crippen molar-refractivity contribution in [2.45, 2.75) is 18.4 Å². The molecule has 0 radical (unpaired) electrons. The molecule has 2 fully saturated rings. The van der Waals surface area contributed by atoms with Crippen molar-refractivity contribution in [3.05, 3.63) is 30.1 Å². The van der Waals surface area contributed by atoms with Crippen molar-refractivity contribution in [3.63, 3.8) is 0 Å². The Morgan fingerprint density at radius 3 is 2.52 bits per heavy atom. The predicted molar refractivity (Wildman–Crippen MR) is 84.2 cm³/mol. The van der Waals surface area contributed by atoms with E-state index in [9.17, 15) is 4.79 Å². The van der Waals surface area contributed by atoms with E-state index in [2.05, 4.69) is 16.9 Å². The maximum Gasteiger partial charge on any atom is 0.290 e. The van der Waals surface area contributed by atoms with Crippen LogP contribution in [0.4, 0.5) is 0 Å². The van der Waals surface area contributed by atoms with Gasteiger partial charge in [-0.1, -0.05) is 0 Å². The van der Waals surface area contributed by atoms with E-state index in [1.165, 1.54) is 0 Å². The lowest BCUT2D eigenvalue weighted by Gasteiger charge is -2.46. The number of carbonyl (C=O) groups is 2. The minimum absolute atomic E-state index is 0.0917. The quantitative estimate of drug-likeness (QED) is 0.768. The van der Waals surface area contributed by atoms with E-state index < -0.39 is 0 Å². The molecule has 0 unspecified atom stereocenters. The molecular formula is C16H23N3O4. The lowest BCUT2D eigenvalue weighted by molar-refractivity contribution is -0.125. The summed E-state index contributed by atoms with van der Waals surface area (Å²) in [4.78, 5) is 29.1. The van der Waals surface area contributed by atoms with Gasteiger partial charge < -0.3 is 19.6 Å². The topological polar surface area (TPSA) is 83.0 Å². The highest BCUT2D eigenvalue weighted by atomic mass is 16.5. The summed E-state index contributed by atoms with van der Waals surface area (Å²) in [7, 11) is 2.13. The second kappa shape index (κ2) is 8.03. The van der Waals surface area contributed by atoms with Crippen LogP contribution >= 0.6 is 0 Å². The first kappa shape index (κ1) is 17.4. The van der Waals surface area contributed by atoms with Gasteiger partial charge in [0.25, 0.3) is 12.4 Å². The summed E-state index contributed by atoms with van der Waals surface area (Å²) >= 11 is 0. The van der Waals surface area contributed by atoms with Crippen molar-refractivity contribution in [1.29, 1.82) is 0 Å². The molecule has 2 aliphatic heterocycles. The zero-order valence-corrected chi connectivity index (χ0v) is 13.4. The standard InChI is InChI=1S/C15H21N3O2.CH2O2/c1-17-8-4-15(5-9-17)12-18(10-11-20-15)14(19)13-2-6-16-7-3-13;2-1-3/h2-3,6-7H,4-5,8-12H2,1H3;1H,(H,2,3). The molecule has 1 amide bonds. The molecule has 1 aromatic heterocycles. The number of carboxylic acid groups (broad SMARTS) is 1. The molecular weight excluding hydrogens is 298 g/mol. The minimum Gasteiger partial charge on any atom is -0.483 e. The highest BCUT2D eigenvalue weighted by Gasteiger charge is 2.40. The normalized spacial score (nSPS) is 20.5. The molecule has 0 aliphatic carbocycles. The van der Waals surface area contributed by atoms with Crippen LogP contribution in [0.15, 0.2) is 24.5 Å². The Hall–Kier alpha value is -1.99. The maximum atomic E-state index is 12.5. The van der Waals surface area contributed by atoms with Crippen molar-refractivity contribution < 1.29 is 19.4 Å². The summed E-state index contributed by atoms with van der Waals surface area (Å²) in [5.74, 6) is 0.0917. The second-order valence-corrected chi connectivity index (χ2v) is 5.90. The summed E-state index contributed by atoms with van der Waals surface area (Å²) in [6.45, 7) is 3.86. The Morgan fingerprint density at radius 1 is 1.30 bits per heavy atom. The summed E-state index contributed by atoms with van der Waals surface area (Å²) < 4.78 is 6.04. The van der Waals surface area contributed by atoms with Crippen molar-refractivity contribution in [1.82, 2.24) is 14.8 Å². The summed E-state index contributed by atoms with van der Waals surface area (Å²) in [6, 6.07) is 3.55. The molecule has 0 atom stereocenters. The van der Waals surface area contributed by atoms with Crippen LogP contribution in [0.1, 0.15) is 23.2 Å². The molecule has 1 N–H and O–H groups in total. The van der Waals surface area contributed by atoms with E-state index in [0.717, 1.165) is 25.9 Å². The fourth-order valence-electron chi connectivity index (χ4n) is 3.02. The summed E-state index contributed by atoms with van der Waals surface area (Å²) in [5, 5.41) is 6.89. The molecule has 0 saturated carbocycles.